The van der Waals surface area contributed by atoms with Crippen LogP contribution in [-0.4, -0.2) is 23.1 Å². The van der Waals surface area contributed by atoms with E-state index in [-0.39, 0.29) is 12.1 Å². The van der Waals surface area contributed by atoms with Gasteiger partial charge in [0.05, 0.1) is 5.56 Å². The summed E-state index contributed by atoms with van der Waals surface area (Å²) in [5.74, 6) is -0.941. The largest absolute Gasteiger partial charge is 0.478 e. The molecule has 1 aromatic heterocycles. The van der Waals surface area contributed by atoms with Crippen molar-refractivity contribution in [3.05, 3.63) is 16.0 Å². The van der Waals surface area contributed by atoms with E-state index in [1.54, 1.807) is 0 Å². The Bertz CT molecular complexity index is 549. The van der Waals surface area contributed by atoms with E-state index >= 15 is 0 Å². The quantitative estimate of drug-likeness (QED) is 0.802. The van der Waals surface area contributed by atoms with Crippen LogP contribution in [0.1, 0.15) is 52.9 Å². The van der Waals surface area contributed by atoms with Gasteiger partial charge < -0.3 is 10.4 Å². The maximum Gasteiger partial charge on any atom is 0.339 e. The van der Waals surface area contributed by atoms with Crippen molar-refractivity contribution in [3.63, 3.8) is 0 Å². The van der Waals surface area contributed by atoms with Crippen LogP contribution in [0.5, 0.6) is 0 Å². The van der Waals surface area contributed by atoms with Gasteiger partial charge in [0.15, 0.2) is 0 Å². The van der Waals surface area contributed by atoms with Crippen molar-refractivity contribution in [2.24, 2.45) is 0 Å². The molecule has 2 aliphatic rings. The summed E-state index contributed by atoms with van der Waals surface area (Å²) in [5.41, 5.74) is 1.22. The lowest BCUT2D eigenvalue weighted by atomic mass is 9.93. The molecule has 108 valence electrons. The minimum absolute atomic E-state index is 0.248. The first kappa shape index (κ1) is 13.4. The number of aryl methyl sites for hydroxylation is 1. The minimum atomic E-state index is -0.941. The van der Waals surface area contributed by atoms with Crippen LogP contribution in [0.15, 0.2) is 0 Å². The maximum absolute atomic E-state index is 11.9. The Morgan fingerprint density at radius 3 is 2.55 bits per heavy atom. The molecule has 3 N–H and O–H groups in total. The fraction of sp³-hybridized carbons (Fsp3) is 0.571. The molecule has 2 amide bonds. The number of amides is 2. The average Bonchev–Trinajstić information content (AvgIpc) is 2.71. The Balaban J connectivity index is 1.79. The van der Waals surface area contributed by atoms with Crippen LogP contribution in [0.2, 0.25) is 0 Å². The molecule has 0 aromatic carbocycles. The second kappa shape index (κ2) is 5.44. The molecule has 0 aliphatic heterocycles. The number of carbonyl (C=O) groups excluding carboxylic acids is 1. The molecule has 0 unspecified atom stereocenters. The van der Waals surface area contributed by atoms with E-state index in [1.165, 1.54) is 11.3 Å². The fourth-order valence-electron chi connectivity index (χ4n) is 2.76. The minimum Gasteiger partial charge on any atom is -0.478 e. The number of rotatable bonds is 3. The van der Waals surface area contributed by atoms with E-state index in [4.69, 9.17) is 0 Å². The second-order valence-corrected chi connectivity index (χ2v) is 6.55. The van der Waals surface area contributed by atoms with E-state index in [9.17, 15) is 14.7 Å². The number of nitrogens with one attached hydrogen (secondary N) is 2. The normalized spacial score (nSPS) is 18.0. The summed E-state index contributed by atoms with van der Waals surface area (Å²) in [6.45, 7) is 0. The zero-order valence-electron chi connectivity index (χ0n) is 11.2. The van der Waals surface area contributed by atoms with Crippen molar-refractivity contribution in [1.82, 2.24) is 5.32 Å². The molecule has 20 heavy (non-hydrogen) atoms. The van der Waals surface area contributed by atoms with Crippen LogP contribution >= 0.6 is 11.3 Å². The Kier molecular flexibility index (Phi) is 3.65. The molecule has 1 fully saturated rings. The fourth-order valence-corrected chi connectivity index (χ4v) is 4.03. The predicted octanol–water partition coefficient (Wildman–Crippen LogP) is 3.00. The van der Waals surface area contributed by atoms with Crippen molar-refractivity contribution >= 4 is 28.3 Å². The van der Waals surface area contributed by atoms with Gasteiger partial charge in [-0.05, 0) is 50.5 Å². The van der Waals surface area contributed by atoms with E-state index in [2.05, 4.69) is 10.6 Å². The summed E-state index contributed by atoms with van der Waals surface area (Å²) in [5, 5.41) is 15.5. The summed E-state index contributed by atoms with van der Waals surface area (Å²) in [7, 11) is 0. The molecular weight excluding hydrogens is 276 g/mol. The number of carbonyl (C=O) groups is 2. The lowest BCUT2D eigenvalue weighted by Crippen LogP contribution is -2.41. The highest BCUT2D eigenvalue weighted by molar-refractivity contribution is 7.17. The Labute approximate surface area is 121 Å². The number of hydrogen-bond acceptors (Lipinski definition) is 3. The number of thiophene rings is 1. The lowest BCUT2D eigenvalue weighted by Gasteiger charge is -2.26. The third-order valence-electron chi connectivity index (χ3n) is 4.05. The first-order chi connectivity index (χ1) is 9.65. The molecule has 6 heteroatoms. The number of urea groups is 1. The summed E-state index contributed by atoms with van der Waals surface area (Å²) < 4.78 is 0. The highest BCUT2D eigenvalue weighted by Gasteiger charge is 2.27. The van der Waals surface area contributed by atoms with Gasteiger partial charge in [-0.15, -0.1) is 11.3 Å². The summed E-state index contributed by atoms with van der Waals surface area (Å²) in [6, 6.07) is -0.0336. The topological polar surface area (TPSA) is 78.4 Å². The molecule has 1 heterocycles. The zero-order chi connectivity index (χ0) is 14.1. The molecule has 1 aromatic rings. The molecule has 0 radical (unpaired) electrons. The van der Waals surface area contributed by atoms with Gasteiger partial charge in [-0.3, -0.25) is 5.32 Å². The SMILES string of the molecule is O=C(Nc1sc2c(c1C(=O)O)CCCC2)NC1CCC1. The number of aromatic carboxylic acids is 1. The third kappa shape index (κ3) is 2.52. The highest BCUT2D eigenvalue weighted by Crippen LogP contribution is 2.38. The Hall–Kier alpha value is -1.56. The first-order valence-corrected chi connectivity index (χ1v) is 7.92. The maximum atomic E-state index is 11.9. The van der Waals surface area contributed by atoms with Crippen molar-refractivity contribution in [2.45, 2.75) is 51.0 Å². The van der Waals surface area contributed by atoms with Gasteiger partial charge in [0, 0.05) is 10.9 Å². The van der Waals surface area contributed by atoms with Gasteiger partial charge in [-0.2, -0.15) is 0 Å². The van der Waals surface area contributed by atoms with Crippen LogP contribution in [0.25, 0.3) is 0 Å². The van der Waals surface area contributed by atoms with E-state index < -0.39 is 5.97 Å². The van der Waals surface area contributed by atoms with Gasteiger partial charge in [-0.25, -0.2) is 9.59 Å². The van der Waals surface area contributed by atoms with Crippen LogP contribution in [0, 0.1) is 0 Å². The average molecular weight is 294 g/mol. The molecule has 5 nitrogen and oxygen atoms in total. The summed E-state index contributed by atoms with van der Waals surface area (Å²) >= 11 is 1.42. The molecule has 3 rings (SSSR count). The van der Waals surface area contributed by atoms with E-state index in [1.807, 2.05) is 0 Å². The molecule has 0 spiro atoms. The van der Waals surface area contributed by atoms with Crippen molar-refractivity contribution in [2.75, 3.05) is 5.32 Å². The Morgan fingerprint density at radius 1 is 1.15 bits per heavy atom. The highest BCUT2D eigenvalue weighted by atomic mass is 32.1. The number of anilines is 1. The molecular formula is C14H18N2O3S. The lowest BCUT2D eigenvalue weighted by molar-refractivity contribution is 0.0697. The van der Waals surface area contributed by atoms with Gasteiger partial charge >= 0.3 is 12.0 Å². The van der Waals surface area contributed by atoms with Crippen LogP contribution in [0.4, 0.5) is 9.80 Å². The zero-order valence-corrected chi connectivity index (χ0v) is 12.0. The van der Waals surface area contributed by atoms with Gasteiger partial charge in [0.2, 0.25) is 0 Å². The first-order valence-electron chi connectivity index (χ1n) is 7.10. The van der Waals surface area contributed by atoms with E-state index in [0.717, 1.165) is 55.4 Å². The number of carboxylic acids is 1. The number of carboxylic acid groups (broad SMARTS) is 1. The Morgan fingerprint density at radius 2 is 1.90 bits per heavy atom. The smallest absolute Gasteiger partial charge is 0.339 e. The summed E-state index contributed by atoms with van der Waals surface area (Å²) in [6.07, 6.45) is 7.03. The van der Waals surface area contributed by atoms with Gasteiger partial charge in [0.25, 0.3) is 0 Å². The van der Waals surface area contributed by atoms with Gasteiger partial charge in [0.1, 0.15) is 5.00 Å². The second-order valence-electron chi connectivity index (χ2n) is 5.45. The predicted molar refractivity (Wildman–Crippen MR) is 77.7 cm³/mol. The van der Waals surface area contributed by atoms with Crippen molar-refractivity contribution in [3.8, 4) is 0 Å². The third-order valence-corrected chi connectivity index (χ3v) is 5.26. The standard InChI is InChI=1S/C14H18N2O3S/c17-13(18)11-9-6-1-2-7-10(9)20-12(11)16-14(19)15-8-4-3-5-8/h8H,1-7H2,(H,17,18)(H2,15,16,19). The monoisotopic (exact) mass is 294 g/mol. The molecule has 0 bridgehead atoms. The van der Waals surface area contributed by atoms with E-state index in [0.29, 0.717) is 10.6 Å². The molecule has 0 saturated heterocycles. The van der Waals surface area contributed by atoms with Crippen molar-refractivity contribution < 1.29 is 14.7 Å². The number of hydrogen-bond donors (Lipinski definition) is 3. The van der Waals surface area contributed by atoms with Crippen LogP contribution < -0.4 is 10.6 Å². The van der Waals surface area contributed by atoms with Gasteiger partial charge in [-0.1, -0.05) is 0 Å². The van der Waals surface area contributed by atoms with Crippen LogP contribution in [0.3, 0.4) is 0 Å². The molecule has 1 saturated carbocycles. The molecule has 0 atom stereocenters. The summed E-state index contributed by atoms with van der Waals surface area (Å²) in [4.78, 5) is 24.5. The van der Waals surface area contributed by atoms with Crippen molar-refractivity contribution in [1.29, 1.82) is 0 Å². The number of fused-ring (bicyclic) bond motifs is 1. The van der Waals surface area contributed by atoms with Crippen LogP contribution in [-0.2, 0) is 12.8 Å². The molecule has 2 aliphatic carbocycles.